The average molecular weight is 269 g/mol. The maximum atomic E-state index is 13.7. The van der Waals surface area contributed by atoms with Crippen LogP contribution in [0, 0.1) is 11.7 Å². The molecular weight excluding hydrogens is 251 g/mol. The van der Waals surface area contributed by atoms with Crippen LogP contribution >= 0.6 is 11.6 Å². The molecule has 0 radical (unpaired) electrons. The van der Waals surface area contributed by atoms with E-state index in [9.17, 15) is 4.39 Å². The first-order chi connectivity index (χ1) is 8.72. The molecule has 2 aliphatic heterocycles. The Morgan fingerprint density at radius 2 is 2.28 bits per heavy atom. The van der Waals surface area contributed by atoms with Crippen molar-refractivity contribution in [2.45, 2.75) is 25.4 Å². The normalized spacial score (nSPS) is 28.3. The summed E-state index contributed by atoms with van der Waals surface area (Å²) < 4.78 is 13.7. The fraction of sp³-hybridized carbons (Fsp3) is 0.571. The number of piperidine rings is 1. The van der Waals surface area contributed by atoms with Crippen LogP contribution in [0.5, 0.6) is 0 Å². The lowest BCUT2D eigenvalue weighted by Gasteiger charge is -2.34. The van der Waals surface area contributed by atoms with E-state index in [0.29, 0.717) is 23.2 Å². The van der Waals surface area contributed by atoms with Gasteiger partial charge in [-0.3, -0.25) is 4.90 Å². The molecule has 1 aromatic carbocycles. The predicted octanol–water partition coefficient (Wildman–Crippen LogP) is 2.66. The van der Waals surface area contributed by atoms with E-state index in [2.05, 4.69) is 10.2 Å². The standard InChI is InChI=1S/C14H18ClFN2/c15-12-1-2-13(16)11(7-12)9-18-6-4-14-10(8-18)3-5-17-14/h1-2,7,10,14,17H,3-6,8-9H2. The molecule has 2 saturated heterocycles. The second kappa shape index (κ2) is 5.16. The van der Waals surface area contributed by atoms with Gasteiger partial charge in [0.15, 0.2) is 0 Å². The molecule has 0 spiro atoms. The monoisotopic (exact) mass is 268 g/mol. The number of fused-ring (bicyclic) bond motifs is 1. The van der Waals surface area contributed by atoms with Gasteiger partial charge in [-0.2, -0.15) is 0 Å². The second-order valence-corrected chi connectivity index (χ2v) is 5.81. The number of halogens is 2. The molecular formula is C14H18ClFN2. The van der Waals surface area contributed by atoms with Crippen molar-refractivity contribution < 1.29 is 4.39 Å². The van der Waals surface area contributed by atoms with Crippen molar-refractivity contribution in [2.24, 2.45) is 5.92 Å². The zero-order valence-electron chi connectivity index (χ0n) is 10.3. The Labute approximate surface area is 112 Å². The molecule has 18 heavy (non-hydrogen) atoms. The van der Waals surface area contributed by atoms with Gasteiger partial charge in [0.1, 0.15) is 5.82 Å². The van der Waals surface area contributed by atoms with Gasteiger partial charge in [0.2, 0.25) is 0 Å². The topological polar surface area (TPSA) is 15.3 Å². The number of benzene rings is 1. The largest absolute Gasteiger partial charge is 0.314 e. The zero-order chi connectivity index (χ0) is 12.5. The Balaban J connectivity index is 1.67. The molecule has 0 saturated carbocycles. The lowest BCUT2D eigenvalue weighted by Crippen LogP contribution is -2.44. The Kier molecular flexibility index (Phi) is 3.55. The van der Waals surface area contributed by atoms with Crippen molar-refractivity contribution in [1.82, 2.24) is 10.2 Å². The van der Waals surface area contributed by atoms with E-state index in [0.717, 1.165) is 25.6 Å². The molecule has 3 rings (SSSR count). The maximum Gasteiger partial charge on any atom is 0.127 e. The highest BCUT2D eigenvalue weighted by molar-refractivity contribution is 6.30. The molecule has 1 aromatic rings. The van der Waals surface area contributed by atoms with E-state index in [1.165, 1.54) is 18.9 Å². The number of likely N-dealkylation sites (tertiary alicyclic amines) is 1. The molecule has 2 aliphatic rings. The molecule has 1 N–H and O–H groups in total. The molecule has 0 aliphatic carbocycles. The van der Waals surface area contributed by atoms with Gasteiger partial charge in [0.05, 0.1) is 0 Å². The highest BCUT2D eigenvalue weighted by Crippen LogP contribution is 2.26. The summed E-state index contributed by atoms with van der Waals surface area (Å²) in [6, 6.07) is 5.50. The third kappa shape index (κ3) is 2.53. The van der Waals surface area contributed by atoms with E-state index in [1.807, 2.05) is 0 Å². The molecule has 2 atom stereocenters. The van der Waals surface area contributed by atoms with Gasteiger partial charge in [-0.05, 0) is 50.0 Å². The van der Waals surface area contributed by atoms with Crippen LogP contribution in [-0.4, -0.2) is 30.6 Å². The fourth-order valence-electron chi connectivity index (χ4n) is 3.17. The zero-order valence-corrected chi connectivity index (χ0v) is 11.1. The van der Waals surface area contributed by atoms with E-state index in [4.69, 9.17) is 11.6 Å². The quantitative estimate of drug-likeness (QED) is 0.887. The first-order valence-electron chi connectivity index (χ1n) is 6.62. The second-order valence-electron chi connectivity index (χ2n) is 5.37. The van der Waals surface area contributed by atoms with E-state index in [-0.39, 0.29) is 5.82 Å². The summed E-state index contributed by atoms with van der Waals surface area (Å²) in [6.45, 7) is 3.92. The summed E-state index contributed by atoms with van der Waals surface area (Å²) in [7, 11) is 0. The van der Waals surface area contributed by atoms with Gasteiger partial charge in [0, 0.05) is 29.7 Å². The van der Waals surface area contributed by atoms with E-state index in [1.54, 1.807) is 12.1 Å². The van der Waals surface area contributed by atoms with Crippen LogP contribution in [0.2, 0.25) is 5.02 Å². The molecule has 0 bridgehead atoms. The SMILES string of the molecule is Fc1ccc(Cl)cc1CN1CCC2NCCC2C1. The summed E-state index contributed by atoms with van der Waals surface area (Å²) >= 11 is 5.93. The molecule has 2 nitrogen and oxygen atoms in total. The molecule has 4 heteroatoms. The van der Waals surface area contributed by atoms with Crippen molar-refractivity contribution >= 4 is 11.6 Å². The molecule has 2 fully saturated rings. The van der Waals surface area contributed by atoms with Crippen LogP contribution < -0.4 is 5.32 Å². The lowest BCUT2D eigenvalue weighted by molar-refractivity contribution is 0.154. The van der Waals surface area contributed by atoms with Crippen molar-refractivity contribution in [3.63, 3.8) is 0 Å². The summed E-state index contributed by atoms with van der Waals surface area (Å²) in [5, 5.41) is 4.16. The average Bonchev–Trinajstić information content (AvgIpc) is 2.81. The highest BCUT2D eigenvalue weighted by Gasteiger charge is 2.32. The predicted molar refractivity (Wildman–Crippen MR) is 71.2 cm³/mol. The van der Waals surface area contributed by atoms with Crippen LogP contribution in [-0.2, 0) is 6.54 Å². The van der Waals surface area contributed by atoms with Crippen LogP contribution in [0.4, 0.5) is 4.39 Å². The Bertz CT molecular complexity index is 438. The maximum absolute atomic E-state index is 13.7. The van der Waals surface area contributed by atoms with Gasteiger partial charge in [0.25, 0.3) is 0 Å². The van der Waals surface area contributed by atoms with Gasteiger partial charge in [-0.1, -0.05) is 11.6 Å². The first-order valence-corrected chi connectivity index (χ1v) is 7.00. The molecule has 0 aromatic heterocycles. The molecule has 98 valence electrons. The number of nitrogens with one attached hydrogen (secondary N) is 1. The van der Waals surface area contributed by atoms with Crippen molar-refractivity contribution in [2.75, 3.05) is 19.6 Å². The number of nitrogens with zero attached hydrogens (tertiary/aromatic N) is 1. The van der Waals surface area contributed by atoms with Gasteiger partial charge >= 0.3 is 0 Å². The van der Waals surface area contributed by atoms with Crippen LogP contribution in [0.1, 0.15) is 18.4 Å². The number of hydrogen-bond acceptors (Lipinski definition) is 2. The lowest BCUT2D eigenvalue weighted by atomic mass is 9.93. The highest BCUT2D eigenvalue weighted by atomic mass is 35.5. The van der Waals surface area contributed by atoms with Gasteiger partial charge in [-0.15, -0.1) is 0 Å². The first kappa shape index (κ1) is 12.4. The summed E-state index contributed by atoms with van der Waals surface area (Å²) in [5.74, 6) is 0.590. The summed E-state index contributed by atoms with van der Waals surface area (Å²) in [6.07, 6.45) is 2.42. The van der Waals surface area contributed by atoms with Crippen molar-refractivity contribution in [1.29, 1.82) is 0 Å². The van der Waals surface area contributed by atoms with Crippen molar-refractivity contribution in [3.8, 4) is 0 Å². The van der Waals surface area contributed by atoms with Crippen LogP contribution in [0.3, 0.4) is 0 Å². The Hall–Kier alpha value is -0.640. The Morgan fingerprint density at radius 3 is 3.17 bits per heavy atom. The van der Waals surface area contributed by atoms with Crippen LogP contribution in [0.15, 0.2) is 18.2 Å². The van der Waals surface area contributed by atoms with Crippen LogP contribution in [0.25, 0.3) is 0 Å². The number of hydrogen-bond donors (Lipinski definition) is 1. The molecule has 2 unspecified atom stereocenters. The minimum atomic E-state index is -0.147. The number of rotatable bonds is 2. The molecule has 2 heterocycles. The summed E-state index contributed by atoms with van der Waals surface area (Å²) in [5.41, 5.74) is 0.715. The summed E-state index contributed by atoms with van der Waals surface area (Å²) in [4.78, 5) is 2.35. The van der Waals surface area contributed by atoms with Crippen molar-refractivity contribution in [3.05, 3.63) is 34.6 Å². The third-order valence-corrected chi connectivity index (χ3v) is 4.38. The molecule has 0 amide bonds. The minimum absolute atomic E-state index is 0.147. The minimum Gasteiger partial charge on any atom is -0.314 e. The smallest absolute Gasteiger partial charge is 0.127 e. The third-order valence-electron chi connectivity index (χ3n) is 4.14. The van der Waals surface area contributed by atoms with E-state index >= 15 is 0 Å². The fourth-order valence-corrected chi connectivity index (χ4v) is 3.37. The van der Waals surface area contributed by atoms with Gasteiger partial charge in [-0.25, -0.2) is 4.39 Å². The Morgan fingerprint density at radius 1 is 1.39 bits per heavy atom. The van der Waals surface area contributed by atoms with Gasteiger partial charge < -0.3 is 5.32 Å². The van der Waals surface area contributed by atoms with E-state index < -0.39 is 0 Å².